The Bertz CT molecular complexity index is 320. The van der Waals surface area contributed by atoms with Gasteiger partial charge in [-0.15, -0.1) is 11.3 Å². The molecule has 1 aromatic rings. The predicted octanol–water partition coefficient (Wildman–Crippen LogP) is 6.05. The molecule has 2 unspecified atom stereocenters. The van der Waals surface area contributed by atoms with Crippen LogP contribution in [0.5, 0.6) is 0 Å². The van der Waals surface area contributed by atoms with Crippen LogP contribution in [0.2, 0.25) is 0 Å². The van der Waals surface area contributed by atoms with Crippen LogP contribution in [0.4, 0.5) is 0 Å². The summed E-state index contributed by atoms with van der Waals surface area (Å²) >= 11 is 1.90. The zero-order chi connectivity index (χ0) is 15.3. The van der Waals surface area contributed by atoms with Crippen molar-refractivity contribution in [3.8, 4) is 0 Å². The fraction of sp³-hybridized carbons (Fsp3) is 0.789. The van der Waals surface area contributed by atoms with Crippen molar-refractivity contribution in [3.05, 3.63) is 22.4 Å². The molecule has 1 rings (SSSR count). The molecule has 0 aliphatic heterocycles. The summed E-state index contributed by atoms with van der Waals surface area (Å²) in [6.07, 6.45) is 12.0. The third kappa shape index (κ3) is 8.63. The number of unbranched alkanes of at least 4 members (excludes halogenated alkanes) is 1. The SMILES string of the molecule is CCCCC(CC)CC(CCCc1cccs1)NCCC. The topological polar surface area (TPSA) is 12.0 Å². The van der Waals surface area contributed by atoms with E-state index in [1.165, 1.54) is 64.3 Å². The molecule has 1 heterocycles. The lowest BCUT2D eigenvalue weighted by Gasteiger charge is -2.24. The van der Waals surface area contributed by atoms with Gasteiger partial charge in [0.2, 0.25) is 0 Å². The van der Waals surface area contributed by atoms with E-state index in [0.717, 1.165) is 12.0 Å². The van der Waals surface area contributed by atoms with Gasteiger partial charge in [0.1, 0.15) is 0 Å². The number of hydrogen-bond acceptors (Lipinski definition) is 2. The number of rotatable bonds is 13. The van der Waals surface area contributed by atoms with E-state index in [2.05, 4.69) is 43.6 Å². The molecular formula is C19H35NS. The minimum atomic E-state index is 0.728. The van der Waals surface area contributed by atoms with Gasteiger partial charge in [0.15, 0.2) is 0 Å². The molecule has 0 saturated carbocycles. The fourth-order valence-electron chi connectivity index (χ4n) is 3.01. The predicted molar refractivity (Wildman–Crippen MR) is 97.3 cm³/mol. The second-order valence-corrected chi connectivity index (χ2v) is 7.31. The minimum absolute atomic E-state index is 0.728. The minimum Gasteiger partial charge on any atom is -0.314 e. The molecule has 0 amide bonds. The van der Waals surface area contributed by atoms with Crippen molar-refractivity contribution in [2.75, 3.05) is 6.54 Å². The Morgan fingerprint density at radius 3 is 2.57 bits per heavy atom. The van der Waals surface area contributed by atoms with E-state index in [4.69, 9.17) is 0 Å². The van der Waals surface area contributed by atoms with Crippen molar-refractivity contribution in [1.29, 1.82) is 0 Å². The lowest BCUT2D eigenvalue weighted by atomic mass is 9.90. The first-order valence-electron chi connectivity index (χ1n) is 9.05. The Hall–Kier alpha value is -0.340. The smallest absolute Gasteiger partial charge is 0.00698 e. The van der Waals surface area contributed by atoms with E-state index in [9.17, 15) is 0 Å². The Morgan fingerprint density at radius 2 is 1.95 bits per heavy atom. The largest absolute Gasteiger partial charge is 0.314 e. The maximum atomic E-state index is 3.79. The zero-order valence-corrected chi connectivity index (χ0v) is 15.2. The molecule has 1 N–H and O–H groups in total. The molecule has 21 heavy (non-hydrogen) atoms. The summed E-state index contributed by atoms with van der Waals surface area (Å²) in [7, 11) is 0. The lowest BCUT2D eigenvalue weighted by Crippen LogP contribution is -2.32. The Balaban J connectivity index is 2.34. The molecule has 1 aromatic heterocycles. The van der Waals surface area contributed by atoms with E-state index in [1.807, 2.05) is 11.3 Å². The third-order valence-electron chi connectivity index (χ3n) is 4.40. The molecule has 0 aliphatic rings. The highest BCUT2D eigenvalue weighted by Gasteiger charge is 2.14. The van der Waals surface area contributed by atoms with Crippen LogP contribution in [0, 0.1) is 5.92 Å². The van der Waals surface area contributed by atoms with Crippen molar-refractivity contribution in [2.45, 2.75) is 84.6 Å². The first-order chi connectivity index (χ1) is 10.3. The third-order valence-corrected chi connectivity index (χ3v) is 5.34. The number of thiophene rings is 1. The molecule has 1 nitrogen and oxygen atoms in total. The molecule has 0 fully saturated rings. The second-order valence-electron chi connectivity index (χ2n) is 6.27. The molecule has 2 atom stereocenters. The Labute approximate surface area is 136 Å². The van der Waals surface area contributed by atoms with Gasteiger partial charge in [0.25, 0.3) is 0 Å². The van der Waals surface area contributed by atoms with Crippen molar-refractivity contribution in [1.82, 2.24) is 5.32 Å². The van der Waals surface area contributed by atoms with Gasteiger partial charge < -0.3 is 5.32 Å². The van der Waals surface area contributed by atoms with Crippen molar-refractivity contribution >= 4 is 11.3 Å². The summed E-state index contributed by atoms with van der Waals surface area (Å²) in [5, 5.41) is 5.99. The highest BCUT2D eigenvalue weighted by Crippen LogP contribution is 2.21. The normalized spacial score (nSPS) is 14.2. The first-order valence-corrected chi connectivity index (χ1v) is 9.93. The van der Waals surface area contributed by atoms with E-state index in [1.54, 1.807) is 4.88 Å². The van der Waals surface area contributed by atoms with Gasteiger partial charge in [-0.25, -0.2) is 0 Å². The van der Waals surface area contributed by atoms with Crippen molar-refractivity contribution in [2.24, 2.45) is 5.92 Å². The molecule has 0 bridgehead atoms. The Morgan fingerprint density at radius 1 is 1.10 bits per heavy atom. The molecule has 2 heteroatoms. The van der Waals surface area contributed by atoms with Gasteiger partial charge in [-0.3, -0.25) is 0 Å². The summed E-state index contributed by atoms with van der Waals surface area (Å²) in [6.45, 7) is 8.11. The fourth-order valence-corrected chi connectivity index (χ4v) is 3.76. The molecule has 0 spiro atoms. The van der Waals surface area contributed by atoms with Crippen molar-refractivity contribution in [3.63, 3.8) is 0 Å². The van der Waals surface area contributed by atoms with Crippen LogP contribution in [-0.4, -0.2) is 12.6 Å². The molecular weight excluding hydrogens is 274 g/mol. The van der Waals surface area contributed by atoms with Gasteiger partial charge in [-0.2, -0.15) is 0 Å². The molecule has 122 valence electrons. The maximum absolute atomic E-state index is 3.79. The Kier molecular flexibility index (Phi) is 10.9. The number of hydrogen-bond donors (Lipinski definition) is 1. The van der Waals surface area contributed by atoms with Crippen LogP contribution in [0.1, 0.15) is 77.0 Å². The highest BCUT2D eigenvalue weighted by molar-refractivity contribution is 7.09. The van der Waals surface area contributed by atoms with Crippen LogP contribution in [0.25, 0.3) is 0 Å². The standard InChI is InChI=1S/C19H35NS/c1-4-7-10-17(6-3)16-18(20-14-5-2)11-8-12-19-13-9-15-21-19/h9,13,15,17-18,20H,4-8,10-12,14,16H2,1-3H3. The zero-order valence-electron chi connectivity index (χ0n) is 14.4. The van der Waals surface area contributed by atoms with Gasteiger partial charge in [-0.05, 0) is 56.0 Å². The first kappa shape index (κ1) is 18.7. The summed E-state index contributed by atoms with van der Waals surface area (Å²) in [5.74, 6) is 0.918. The summed E-state index contributed by atoms with van der Waals surface area (Å²) in [5.41, 5.74) is 0. The molecule has 0 saturated heterocycles. The monoisotopic (exact) mass is 309 g/mol. The van der Waals surface area contributed by atoms with Gasteiger partial charge >= 0.3 is 0 Å². The highest BCUT2D eigenvalue weighted by atomic mass is 32.1. The lowest BCUT2D eigenvalue weighted by molar-refractivity contribution is 0.333. The van der Waals surface area contributed by atoms with Crippen LogP contribution < -0.4 is 5.32 Å². The quantitative estimate of drug-likeness (QED) is 0.468. The van der Waals surface area contributed by atoms with Gasteiger partial charge in [0.05, 0.1) is 0 Å². The average molecular weight is 310 g/mol. The van der Waals surface area contributed by atoms with E-state index >= 15 is 0 Å². The second kappa shape index (κ2) is 12.2. The van der Waals surface area contributed by atoms with E-state index in [0.29, 0.717) is 0 Å². The van der Waals surface area contributed by atoms with Crippen LogP contribution >= 0.6 is 11.3 Å². The van der Waals surface area contributed by atoms with Crippen LogP contribution in [0.3, 0.4) is 0 Å². The molecule has 0 aliphatic carbocycles. The van der Waals surface area contributed by atoms with Gasteiger partial charge in [-0.1, -0.05) is 52.5 Å². The van der Waals surface area contributed by atoms with E-state index < -0.39 is 0 Å². The van der Waals surface area contributed by atoms with Crippen molar-refractivity contribution < 1.29 is 0 Å². The molecule has 0 aromatic carbocycles. The van der Waals surface area contributed by atoms with E-state index in [-0.39, 0.29) is 0 Å². The summed E-state index contributed by atoms with van der Waals surface area (Å²) < 4.78 is 0. The van der Waals surface area contributed by atoms with Crippen LogP contribution in [0.15, 0.2) is 17.5 Å². The maximum Gasteiger partial charge on any atom is 0.00698 e. The summed E-state index contributed by atoms with van der Waals surface area (Å²) in [4.78, 5) is 1.54. The number of nitrogens with one attached hydrogen (secondary N) is 1. The summed E-state index contributed by atoms with van der Waals surface area (Å²) in [6, 6.07) is 5.17. The van der Waals surface area contributed by atoms with Gasteiger partial charge in [0, 0.05) is 10.9 Å². The average Bonchev–Trinajstić information content (AvgIpc) is 3.01. The number of aryl methyl sites for hydroxylation is 1. The van der Waals surface area contributed by atoms with Crippen LogP contribution in [-0.2, 0) is 6.42 Å². The molecule has 0 radical (unpaired) electrons.